The highest BCUT2D eigenvalue weighted by atomic mass is 16.3. The van der Waals surface area contributed by atoms with Crippen molar-refractivity contribution >= 4 is 0 Å². The number of azide groups is 1. The van der Waals surface area contributed by atoms with Crippen molar-refractivity contribution in [1.82, 2.24) is 9.78 Å². The van der Waals surface area contributed by atoms with E-state index < -0.39 is 6.04 Å². The van der Waals surface area contributed by atoms with E-state index in [1.165, 1.54) is 0 Å². The van der Waals surface area contributed by atoms with Crippen molar-refractivity contribution in [3.05, 3.63) is 27.9 Å². The second kappa shape index (κ2) is 3.93. The molecule has 0 fully saturated rings. The lowest BCUT2D eigenvalue weighted by Crippen LogP contribution is -2.02. The fraction of sp³-hybridized carbons (Fsp3) is 0.571. The van der Waals surface area contributed by atoms with E-state index in [-0.39, 0.29) is 6.61 Å². The van der Waals surface area contributed by atoms with Crippen molar-refractivity contribution in [3.63, 3.8) is 0 Å². The van der Waals surface area contributed by atoms with Gasteiger partial charge in [-0.15, -0.1) is 0 Å². The van der Waals surface area contributed by atoms with E-state index in [9.17, 15) is 0 Å². The van der Waals surface area contributed by atoms with E-state index in [2.05, 4.69) is 15.1 Å². The summed E-state index contributed by atoms with van der Waals surface area (Å²) in [7, 11) is 1.79. The zero-order valence-corrected chi connectivity index (χ0v) is 7.55. The molecule has 6 nitrogen and oxygen atoms in total. The summed E-state index contributed by atoms with van der Waals surface area (Å²) in [6.07, 6.45) is 1.60. The van der Waals surface area contributed by atoms with Crippen LogP contribution in [-0.4, -0.2) is 21.5 Å². The first-order chi connectivity index (χ1) is 6.20. The summed E-state index contributed by atoms with van der Waals surface area (Å²) in [5.41, 5.74) is 9.91. The molecule has 0 aliphatic heterocycles. The Balaban J connectivity index is 3.04. The Bertz CT molecular complexity index is 339. The molecule has 0 saturated carbocycles. The van der Waals surface area contributed by atoms with Crippen LogP contribution in [0.2, 0.25) is 0 Å². The number of nitrogens with zero attached hydrogens (tertiary/aromatic N) is 5. The van der Waals surface area contributed by atoms with E-state index in [4.69, 9.17) is 10.6 Å². The number of hydrogen-bond donors (Lipinski definition) is 1. The summed E-state index contributed by atoms with van der Waals surface area (Å²) in [6.45, 7) is 1.66. The summed E-state index contributed by atoms with van der Waals surface area (Å²) < 4.78 is 1.67. The molecule has 1 aromatic heterocycles. The van der Waals surface area contributed by atoms with Gasteiger partial charge in [-0.2, -0.15) is 5.10 Å². The molecular formula is C7H11N5O. The molecular weight excluding hydrogens is 170 g/mol. The van der Waals surface area contributed by atoms with Crippen LogP contribution in [0.5, 0.6) is 0 Å². The van der Waals surface area contributed by atoms with E-state index in [0.29, 0.717) is 0 Å². The molecule has 0 aliphatic rings. The molecule has 0 amide bonds. The number of aromatic nitrogens is 2. The Morgan fingerprint density at radius 1 is 1.85 bits per heavy atom. The third kappa shape index (κ3) is 1.80. The SMILES string of the molecule is Cc1c(C(CO)N=[N+]=[N-])cnn1C. The van der Waals surface area contributed by atoms with Crippen LogP contribution in [0.25, 0.3) is 10.4 Å². The van der Waals surface area contributed by atoms with Crippen molar-refractivity contribution in [2.45, 2.75) is 13.0 Å². The van der Waals surface area contributed by atoms with Crippen LogP contribution in [-0.2, 0) is 7.05 Å². The zero-order chi connectivity index (χ0) is 9.84. The minimum Gasteiger partial charge on any atom is -0.396 e. The third-order valence-corrected chi connectivity index (χ3v) is 2.00. The Morgan fingerprint density at radius 3 is 2.92 bits per heavy atom. The van der Waals surface area contributed by atoms with Gasteiger partial charge < -0.3 is 5.11 Å². The quantitative estimate of drug-likeness (QED) is 0.429. The molecule has 70 valence electrons. The summed E-state index contributed by atoms with van der Waals surface area (Å²) >= 11 is 0. The Kier molecular flexibility index (Phi) is 2.89. The molecule has 0 radical (unpaired) electrons. The van der Waals surface area contributed by atoms with Crippen LogP contribution in [0.1, 0.15) is 17.3 Å². The fourth-order valence-corrected chi connectivity index (χ4v) is 1.10. The topological polar surface area (TPSA) is 86.8 Å². The number of aliphatic hydroxyl groups excluding tert-OH is 1. The maximum Gasteiger partial charge on any atom is 0.0889 e. The molecule has 1 aromatic rings. The first-order valence-electron chi connectivity index (χ1n) is 3.84. The van der Waals surface area contributed by atoms with Gasteiger partial charge in [-0.3, -0.25) is 4.68 Å². The van der Waals surface area contributed by atoms with Crippen molar-refractivity contribution in [2.24, 2.45) is 12.2 Å². The van der Waals surface area contributed by atoms with Gasteiger partial charge in [0.25, 0.3) is 0 Å². The number of hydrogen-bond acceptors (Lipinski definition) is 3. The third-order valence-electron chi connectivity index (χ3n) is 2.00. The predicted molar refractivity (Wildman–Crippen MR) is 46.9 cm³/mol. The normalized spacial score (nSPS) is 12.2. The van der Waals surface area contributed by atoms with Gasteiger partial charge in [0, 0.05) is 23.2 Å². The van der Waals surface area contributed by atoms with Crippen LogP contribution in [0.3, 0.4) is 0 Å². The van der Waals surface area contributed by atoms with Gasteiger partial charge >= 0.3 is 0 Å². The molecule has 6 heteroatoms. The highest BCUT2D eigenvalue weighted by Crippen LogP contribution is 2.19. The average Bonchev–Trinajstić information content (AvgIpc) is 2.45. The maximum absolute atomic E-state index is 8.94. The molecule has 1 rings (SSSR count). The molecule has 1 N–H and O–H groups in total. The zero-order valence-electron chi connectivity index (χ0n) is 7.55. The van der Waals surface area contributed by atoms with Gasteiger partial charge in [-0.1, -0.05) is 5.11 Å². The summed E-state index contributed by atoms with van der Waals surface area (Å²) in [4.78, 5) is 2.66. The van der Waals surface area contributed by atoms with Crippen molar-refractivity contribution < 1.29 is 5.11 Å². The highest BCUT2D eigenvalue weighted by molar-refractivity contribution is 5.20. The standard InChI is InChI=1S/C7H11N5O/c1-5-6(3-9-12(5)2)7(4-13)10-11-8/h3,7,13H,4H2,1-2H3. The molecule has 13 heavy (non-hydrogen) atoms. The van der Waals surface area contributed by atoms with Crippen LogP contribution in [0, 0.1) is 6.92 Å². The van der Waals surface area contributed by atoms with Crippen molar-refractivity contribution in [1.29, 1.82) is 0 Å². The lowest BCUT2D eigenvalue weighted by Gasteiger charge is -2.05. The maximum atomic E-state index is 8.94. The monoisotopic (exact) mass is 181 g/mol. The Hall–Kier alpha value is -1.52. The van der Waals surface area contributed by atoms with E-state index in [0.717, 1.165) is 11.3 Å². The number of aryl methyl sites for hydroxylation is 1. The van der Waals surface area contributed by atoms with Gasteiger partial charge in [0.15, 0.2) is 0 Å². The van der Waals surface area contributed by atoms with Crippen LogP contribution in [0.4, 0.5) is 0 Å². The highest BCUT2D eigenvalue weighted by Gasteiger charge is 2.13. The minimum atomic E-state index is -0.529. The van der Waals surface area contributed by atoms with Crippen molar-refractivity contribution in [2.75, 3.05) is 6.61 Å². The Morgan fingerprint density at radius 2 is 2.54 bits per heavy atom. The van der Waals surface area contributed by atoms with Crippen molar-refractivity contribution in [3.8, 4) is 0 Å². The molecule has 0 aliphatic carbocycles. The molecule has 0 spiro atoms. The molecule has 1 unspecified atom stereocenters. The summed E-state index contributed by atoms with van der Waals surface area (Å²) in [6, 6.07) is -0.529. The summed E-state index contributed by atoms with van der Waals surface area (Å²) in [5, 5.41) is 16.4. The predicted octanol–water partition coefficient (Wildman–Crippen LogP) is 1.07. The number of rotatable bonds is 3. The minimum absolute atomic E-state index is 0.198. The van der Waals surface area contributed by atoms with Gasteiger partial charge in [0.1, 0.15) is 0 Å². The van der Waals surface area contributed by atoms with Crippen LogP contribution >= 0.6 is 0 Å². The van der Waals surface area contributed by atoms with Crippen LogP contribution in [0.15, 0.2) is 11.3 Å². The van der Waals surface area contributed by atoms with Gasteiger partial charge in [0.2, 0.25) is 0 Å². The molecule has 0 bridgehead atoms. The molecule has 0 aromatic carbocycles. The molecule has 0 saturated heterocycles. The largest absolute Gasteiger partial charge is 0.396 e. The fourth-order valence-electron chi connectivity index (χ4n) is 1.10. The average molecular weight is 181 g/mol. The van der Waals surface area contributed by atoms with Gasteiger partial charge in [-0.05, 0) is 12.5 Å². The lowest BCUT2D eigenvalue weighted by molar-refractivity contribution is 0.267. The first kappa shape index (κ1) is 9.57. The molecule has 1 atom stereocenters. The number of aliphatic hydroxyl groups is 1. The second-order valence-corrected chi connectivity index (χ2v) is 2.71. The molecule has 1 heterocycles. The second-order valence-electron chi connectivity index (χ2n) is 2.71. The lowest BCUT2D eigenvalue weighted by atomic mass is 10.1. The van der Waals surface area contributed by atoms with Crippen LogP contribution < -0.4 is 0 Å². The van der Waals surface area contributed by atoms with E-state index >= 15 is 0 Å². The summed E-state index contributed by atoms with van der Waals surface area (Å²) in [5.74, 6) is 0. The first-order valence-corrected chi connectivity index (χ1v) is 3.84. The smallest absolute Gasteiger partial charge is 0.0889 e. The van der Waals surface area contributed by atoms with Gasteiger partial charge in [0.05, 0.1) is 18.8 Å². The van der Waals surface area contributed by atoms with Gasteiger partial charge in [-0.25, -0.2) is 0 Å². The Labute approximate surface area is 75.4 Å². The van der Waals surface area contributed by atoms with E-state index in [1.54, 1.807) is 17.9 Å². The van der Waals surface area contributed by atoms with E-state index in [1.807, 2.05) is 6.92 Å².